The maximum atomic E-state index is 10.0. The van der Waals surface area contributed by atoms with Crippen LogP contribution < -0.4 is 9.47 Å². The van der Waals surface area contributed by atoms with Crippen molar-refractivity contribution in [3.8, 4) is 28.6 Å². The summed E-state index contributed by atoms with van der Waals surface area (Å²) in [4.78, 5) is 2.15. The highest BCUT2D eigenvalue weighted by molar-refractivity contribution is 5.65. The van der Waals surface area contributed by atoms with Gasteiger partial charge < -0.3 is 19.3 Å². The van der Waals surface area contributed by atoms with E-state index in [0.29, 0.717) is 43.6 Å². The number of aryl methyl sites for hydroxylation is 1. The van der Waals surface area contributed by atoms with Crippen LogP contribution in [0.2, 0.25) is 0 Å². The molecule has 1 heterocycles. The van der Waals surface area contributed by atoms with Crippen LogP contribution in [0.25, 0.3) is 11.3 Å². The lowest BCUT2D eigenvalue weighted by Gasteiger charge is -2.24. The molecule has 3 rings (SSSR count). The average Bonchev–Trinajstić information content (AvgIpc) is 3.07. The Morgan fingerprint density at radius 2 is 1.71 bits per heavy atom. The van der Waals surface area contributed by atoms with Gasteiger partial charge in [-0.05, 0) is 19.1 Å². The second-order valence-corrected chi connectivity index (χ2v) is 7.45. The van der Waals surface area contributed by atoms with E-state index in [1.54, 1.807) is 25.8 Å². The zero-order chi connectivity index (χ0) is 22.2. The number of methoxy groups -OCH3 is 2. The van der Waals surface area contributed by atoms with Gasteiger partial charge in [-0.2, -0.15) is 5.10 Å². The van der Waals surface area contributed by atoms with Crippen molar-refractivity contribution in [2.75, 3.05) is 33.9 Å². The molecule has 1 aromatic heterocycles. The maximum Gasteiger partial charge on any atom is 0.222 e. The third-order valence-electron chi connectivity index (χ3n) is 4.93. The predicted octanol–water partition coefficient (Wildman–Crippen LogP) is 3.72. The molecule has 0 radical (unpaired) electrons. The Bertz CT molecular complexity index is 957. The fourth-order valence-electron chi connectivity index (χ4n) is 3.51. The van der Waals surface area contributed by atoms with Crippen LogP contribution in [0.5, 0.6) is 17.4 Å². The summed E-state index contributed by atoms with van der Waals surface area (Å²) in [6.45, 7) is 4.10. The Morgan fingerprint density at radius 1 is 1.03 bits per heavy atom. The molecule has 0 spiro atoms. The fourth-order valence-corrected chi connectivity index (χ4v) is 3.51. The van der Waals surface area contributed by atoms with Gasteiger partial charge in [0.15, 0.2) is 11.5 Å². The Kier molecular flexibility index (Phi) is 8.06. The first kappa shape index (κ1) is 22.8. The number of ether oxygens (including phenoxy) is 3. The fraction of sp³-hybridized carbons (Fsp3) is 0.375. The Morgan fingerprint density at radius 3 is 2.35 bits per heavy atom. The van der Waals surface area contributed by atoms with Crippen molar-refractivity contribution in [1.29, 1.82) is 0 Å². The quantitative estimate of drug-likeness (QED) is 0.505. The van der Waals surface area contributed by atoms with Crippen LogP contribution in [-0.2, 0) is 18.3 Å². The zero-order valence-corrected chi connectivity index (χ0v) is 18.6. The number of rotatable bonds is 11. The number of nitrogens with zero attached hydrogens (tertiary/aromatic N) is 3. The minimum absolute atomic E-state index is 0.465. The first-order chi connectivity index (χ1) is 15.0. The first-order valence-electron chi connectivity index (χ1n) is 10.3. The monoisotopic (exact) mass is 425 g/mol. The van der Waals surface area contributed by atoms with Crippen LogP contribution in [0.3, 0.4) is 0 Å². The average molecular weight is 426 g/mol. The molecule has 1 atom stereocenters. The van der Waals surface area contributed by atoms with Gasteiger partial charge in [-0.3, -0.25) is 4.90 Å². The molecular formula is C24H31N3O4. The predicted molar refractivity (Wildman–Crippen MR) is 121 cm³/mol. The zero-order valence-electron chi connectivity index (χ0n) is 18.6. The number of aliphatic hydroxyl groups excluding tert-OH is 1. The van der Waals surface area contributed by atoms with Crippen LogP contribution >= 0.6 is 0 Å². The van der Waals surface area contributed by atoms with Crippen LogP contribution in [-0.4, -0.2) is 59.8 Å². The summed E-state index contributed by atoms with van der Waals surface area (Å²) in [5.41, 5.74) is 2.80. The van der Waals surface area contributed by atoms with Gasteiger partial charge in [-0.1, -0.05) is 42.5 Å². The van der Waals surface area contributed by atoms with Crippen LogP contribution in [0.15, 0.2) is 54.6 Å². The minimum Gasteiger partial charge on any atom is -0.493 e. The highest BCUT2D eigenvalue weighted by atomic mass is 16.5. The molecule has 0 aliphatic heterocycles. The largest absolute Gasteiger partial charge is 0.493 e. The number of hydrogen-bond donors (Lipinski definition) is 1. The SMILES string of the molecule is COCCN(Cc1c(-c2ccccc2)nn(C)c1Oc1ccccc1OC)C[C@@H](C)O. The molecule has 31 heavy (non-hydrogen) atoms. The van der Waals surface area contributed by atoms with Crippen molar-refractivity contribution < 1.29 is 19.3 Å². The summed E-state index contributed by atoms with van der Waals surface area (Å²) in [6.07, 6.45) is -0.465. The molecule has 7 heteroatoms. The summed E-state index contributed by atoms with van der Waals surface area (Å²) >= 11 is 0. The van der Waals surface area contributed by atoms with Gasteiger partial charge in [-0.15, -0.1) is 0 Å². The number of para-hydroxylation sites is 2. The molecule has 0 saturated heterocycles. The molecule has 3 aromatic rings. The number of benzene rings is 2. The van der Waals surface area contributed by atoms with E-state index in [1.165, 1.54) is 0 Å². The van der Waals surface area contributed by atoms with Crippen molar-refractivity contribution in [2.24, 2.45) is 7.05 Å². The van der Waals surface area contributed by atoms with Crippen molar-refractivity contribution >= 4 is 0 Å². The minimum atomic E-state index is -0.465. The lowest BCUT2D eigenvalue weighted by atomic mass is 10.1. The van der Waals surface area contributed by atoms with Crippen LogP contribution in [0, 0.1) is 0 Å². The summed E-state index contributed by atoms with van der Waals surface area (Å²) in [5.74, 6) is 1.90. The lowest BCUT2D eigenvalue weighted by molar-refractivity contribution is 0.0936. The van der Waals surface area contributed by atoms with E-state index < -0.39 is 6.10 Å². The third kappa shape index (κ3) is 5.85. The van der Waals surface area contributed by atoms with Crippen LogP contribution in [0.1, 0.15) is 12.5 Å². The van der Waals surface area contributed by atoms with E-state index in [0.717, 1.165) is 16.8 Å². The molecule has 7 nitrogen and oxygen atoms in total. The van der Waals surface area contributed by atoms with Gasteiger partial charge >= 0.3 is 0 Å². The van der Waals surface area contributed by atoms with E-state index >= 15 is 0 Å². The smallest absolute Gasteiger partial charge is 0.222 e. The standard InChI is InChI=1S/C24H31N3O4/c1-18(28)16-27(14-15-29-3)17-20-23(19-10-6-5-7-11-19)25-26(2)24(20)31-22-13-9-8-12-21(22)30-4/h5-13,18,28H,14-17H2,1-4H3/t18-/m1/s1. The summed E-state index contributed by atoms with van der Waals surface area (Å²) in [7, 11) is 5.17. The van der Waals surface area contributed by atoms with Gasteiger partial charge in [0, 0.05) is 39.4 Å². The summed E-state index contributed by atoms with van der Waals surface area (Å²) < 4.78 is 18.8. The molecule has 1 N–H and O–H groups in total. The second kappa shape index (κ2) is 10.9. The van der Waals surface area contributed by atoms with Gasteiger partial charge in [0.25, 0.3) is 0 Å². The molecule has 0 aliphatic carbocycles. The molecule has 2 aromatic carbocycles. The van der Waals surface area contributed by atoms with Crippen molar-refractivity contribution in [3.63, 3.8) is 0 Å². The highest BCUT2D eigenvalue weighted by Gasteiger charge is 2.23. The van der Waals surface area contributed by atoms with E-state index in [-0.39, 0.29) is 0 Å². The Balaban J connectivity index is 2.04. The normalized spacial score (nSPS) is 12.2. The molecule has 166 valence electrons. The third-order valence-corrected chi connectivity index (χ3v) is 4.93. The van der Waals surface area contributed by atoms with E-state index in [2.05, 4.69) is 4.90 Å². The Hall–Kier alpha value is -2.87. The molecule has 0 saturated carbocycles. The number of aliphatic hydroxyl groups is 1. The van der Waals surface area contributed by atoms with Crippen molar-refractivity contribution in [2.45, 2.75) is 19.6 Å². The summed E-state index contributed by atoms with van der Waals surface area (Å²) in [6, 6.07) is 17.6. The van der Waals surface area contributed by atoms with Gasteiger partial charge in [0.2, 0.25) is 5.88 Å². The molecule has 0 amide bonds. The van der Waals surface area contributed by atoms with Crippen molar-refractivity contribution in [1.82, 2.24) is 14.7 Å². The topological polar surface area (TPSA) is 69.0 Å². The number of hydrogen-bond acceptors (Lipinski definition) is 6. The molecule has 0 aliphatic rings. The van der Waals surface area contributed by atoms with Gasteiger partial charge in [0.1, 0.15) is 5.69 Å². The Labute approximate surface area is 183 Å². The highest BCUT2D eigenvalue weighted by Crippen LogP contribution is 2.37. The maximum absolute atomic E-state index is 10.0. The van der Waals surface area contributed by atoms with Gasteiger partial charge in [-0.25, -0.2) is 4.68 Å². The molecule has 0 unspecified atom stereocenters. The van der Waals surface area contributed by atoms with Gasteiger partial charge in [0.05, 0.1) is 25.4 Å². The molecular weight excluding hydrogens is 394 g/mol. The lowest BCUT2D eigenvalue weighted by Crippen LogP contribution is -2.33. The molecule has 0 fully saturated rings. The van der Waals surface area contributed by atoms with E-state index in [9.17, 15) is 5.11 Å². The van der Waals surface area contributed by atoms with E-state index in [4.69, 9.17) is 19.3 Å². The second-order valence-electron chi connectivity index (χ2n) is 7.45. The van der Waals surface area contributed by atoms with Crippen molar-refractivity contribution in [3.05, 3.63) is 60.2 Å². The van der Waals surface area contributed by atoms with E-state index in [1.807, 2.05) is 61.6 Å². The first-order valence-corrected chi connectivity index (χ1v) is 10.3. The van der Waals surface area contributed by atoms with Crippen LogP contribution in [0.4, 0.5) is 0 Å². The summed E-state index contributed by atoms with van der Waals surface area (Å²) in [5, 5.41) is 14.8. The number of aromatic nitrogens is 2. The molecule has 0 bridgehead atoms.